The van der Waals surface area contributed by atoms with Gasteiger partial charge in [-0.15, -0.1) is 0 Å². The highest BCUT2D eigenvalue weighted by Gasteiger charge is 2.47. The van der Waals surface area contributed by atoms with Gasteiger partial charge in [0, 0.05) is 6.04 Å². The number of rotatable bonds is 5. The monoisotopic (exact) mass is 324 g/mol. The third-order valence-corrected chi connectivity index (χ3v) is 4.03. The number of nitrogens with one attached hydrogen (secondary N) is 1. The first-order valence-electron chi connectivity index (χ1n) is 7.89. The van der Waals surface area contributed by atoms with Crippen LogP contribution in [0.5, 0.6) is 0 Å². The lowest BCUT2D eigenvalue weighted by Gasteiger charge is -2.26. The number of furan rings is 1. The van der Waals surface area contributed by atoms with E-state index >= 15 is 0 Å². The zero-order chi connectivity index (χ0) is 17.1. The van der Waals surface area contributed by atoms with E-state index in [9.17, 15) is 19.8 Å². The minimum atomic E-state index is -1.32. The number of hydrogen-bond donors (Lipinski definition) is 3. The van der Waals surface area contributed by atoms with Crippen molar-refractivity contribution in [2.75, 3.05) is 6.54 Å². The van der Waals surface area contributed by atoms with Crippen LogP contribution >= 0.6 is 0 Å². The number of carbonyl (C=O) groups excluding carboxylic acids is 2. The summed E-state index contributed by atoms with van der Waals surface area (Å²) in [6.45, 7) is 5.47. The molecule has 23 heavy (non-hydrogen) atoms. The maximum Gasteiger partial charge on any atom is 0.290 e. The zero-order valence-electron chi connectivity index (χ0n) is 13.7. The van der Waals surface area contributed by atoms with Gasteiger partial charge in [-0.25, -0.2) is 0 Å². The molecule has 1 aliphatic heterocycles. The van der Waals surface area contributed by atoms with Crippen molar-refractivity contribution < 1.29 is 24.2 Å². The molecular formula is C16H24N2O5. The summed E-state index contributed by atoms with van der Waals surface area (Å²) in [7, 11) is 0. The van der Waals surface area contributed by atoms with E-state index in [1.54, 1.807) is 13.0 Å². The molecule has 7 nitrogen and oxygen atoms in total. The van der Waals surface area contributed by atoms with Crippen molar-refractivity contribution in [1.82, 2.24) is 10.2 Å². The fraction of sp³-hybridized carbons (Fsp3) is 0.625. The molecule has 1 aromatic heterocycles. The van der Waals surface area contributed by atoms with E-state index in [2.05, 4.69) is 5.32 Å². The van der Waals surface area contributed by atoms with Crippen LogP contribution in [-0.4, -0.2) is 57.8 Å². The van der Waals surface area contributed by atoms with E-state index in [1.165, 1.54) is 11.0 Å². The number of nitrogens with zero attached hydrogens (tertiary/aromatic N) is 1. The maximum atomic E-state index is 12.5. The number of likely N-dealkylation sites (tertiary alicyclic amines) is 1. The molecule has 0 spiro atoms. The lowest BCUT2D eigenvalue weighted by Crippen LogP contribution is -2.52. The van der Waals surface area contributed by atoms with Crippen molar-refractivity contribution in [2.45, 2.75) is 57.9 Å². The van der Waals surface area contributed by atoms with Gasteiger partial charge in [-0.2, -0.15) is 0 Å². The molecule has 0 radical (unpaired) electrons. The van der Waals surface area contributed by atoms with Crippen molar-refractivity contribution in [3.05, 3.63) is 23.7 Å². The SMILES string of the molecule is CCCC(C)NC(=O)C1[C@H](O)[C@@H](O)CN1C(=O)c1ccc(C)o1. The van der Waals surface area contributed by atoms with Gasteiger partial charge in [0.1, 0.15) is 24.0 Å². The third-order valence-electron chi connectivity index (χ3n) is 4.03. The van der Waals surface area contributed by atoms with Crippen LogP contribution in [0.2, 0.25) is 0 Å². The van der Waals surface area contributed by atoms with Gasteiger partial charge >= 0.3 is 0 Å². The predicted molar refractivity (Wildman–Crippen MR) is 82.8 cm³/mol. The van der Waals surface area contributed by atoms with Gasteiger partial charge in [-0.1, -0.05) is 13.3 Å². The molecule has 2 amide bonds. The summed E-state index contributed by atoms with van der Waals surface area (Å²) in [4.78, 5) is 26.1. The van der Waals surface area contributed by atoms with Crippen molar-refractivity contribution in [2.24, 2.45) is 0 Å². The average molecular weight is 324 g/mol. The summed E-state index contributed by atoms with van der Waals surface area (Å²) < 4.78 is 5.29. The largest absolute Gasteiger partial charge is 0.456 e. The fourth-order valence-electron chi connectivity index (χ4n) is 2.85. The molecule has 4 atom stereocenters. The Bertz CT molecular complexity index is 571. The molecule has 2 rings (SSSR count). The minimum Gasteiger partial charge on any atom is -0.456 e. The molecule has 1 fully saturated rings. The van der Waals surface area contributed by atoms with Crippen molar-refractivity contribution in [3.8, 4) is 0 Å². The van der Waals surface area contributed by atoms with E-state index < -0.39 is 30.1 Å². The van der Waals surface area contributed by atoms with Gasteiger partial charge < -0.3 is 24.8 Å². The molecular weight excluding hydrogens is 300 g/mol. The highest BCUT2D eigenvalue weighted by atomic mass is 16.4. The predicted octanol–water partition coefficient (Wildman–Crippen LogP) is 0.439. The summed E-state index contributed by atoms with van der Waals surface area (Å²) in [5.74, 6) is -0.321. The van der Waals surface area contributed by atoms with Crippen molar-refractivity contribution >= 4 is 11.8 Å². The fourth-order valence-corrected chi connectivity index (χ4v) is 2.85. The molecule has 1 aromatic rings. The molecule has 2 heterocycles. The lowest BCUT2D eigenvalue weighted by molar-refractivity contribution is -0.128. The van der Waals surface area contributed by atoms with Gasteiger partial charge in [0.05, 0.1) is 6.54 Å². The van der Waals surface area contributed by atoms with Crippen LogP contribution in [-0.2, 0) is 4.79 Å². The highest BCUT2D eigenvalue weighted by Crippen LogP contribution is 2.22. The summed E-state index contributed by atoms with van der Waals surface area (Å²) >= 11 is 0. The first-order valence-corrected chi connectivity index (χ1v) is 7.89. The van der Waals surface area contributed by atoms with E-state index in [4.69, 9.17) is 4.42 Å². The van der Waals surface area contributed by atoms with Crippen LogP contribution in [0.4, 0.5) is 0 Å². The number of aliphatic hydroxyl groups is 2. The Labute approximate surface area is 135 Å². The van der Waals surface area contributed by atoms with Crippen LogP contribution in [0.1, 0.15) is 43.0 Å². The Balaban J connectivity index is 2.16. The highest BCUT2D eigenvalue weighted by molar-refractivity contribution is 5.96. The van der Waals surface area contributed by atoms with Gasteiger partial charge in [-0.05, 0) is 32.4 Å². The van der Waals surface area contributed by atoms with Crippen LogP contribution < -0.4 is 5.32 Å². The lowest BCUT2D eigenvalue weighted by atomic mass is 10.1. The average Bonchev–Trinajstić information content (AvgIpc) is 3.03. The van der Waals surface area contributed by atoms with Crippen LogP contribution in [0.3, 0.4) is 0 Å². The Morgan fingerprint density at radius 1 is 1.43 bits per heavy atom. The molecule has 0 saturated carbocycles. The Kier molecular flexibility index (Phi) is 5.43. The summed E-state index contributed by atoms with van der Waals surface area (Å²) in [6, 6.07) is 1.97. The second-order valence-corrected chi connectivity index (χ2v) is 6.07. The molecule has 3 N–H and O–H groups in total. The Hall–Kier alpha value is -1.86. The van der Waals surface area contributed by atoms with Crippen molar-refractivity contribution in [1.29, 1.82) is 0 Å². The maximum absolute atomic E-state index is 12.5. The van der Waals surface area contributed by atoms with Gasteiger partial charge in [0.2, 0.25) is 5.91 Å². The molecule has 0 bridgehead atoms. The van der Waals surface area contributed by atoms with Gasteiger partial charge in [0.15, 0.2) is 5.76 Å². The molecule has 2 unspecified atom stereocenters. The van der Waals surface area contributed by atoms with E-state index in [1.807, 2.05) is 13.8 Å². The minimum absolute atomic E-state index is 0.0692. The number of amides is 2. The summed E-state index contributed by atoms with van der Waals surface area (Å²) in [5, 5.41) is 22.8. The van der Waals surface area contributed by atoms with E-state index in [-0.39, 0.29) is 18.3 Å². The normalized spacial score (nSPS) is 25.4. The molecule has 1 saturated heterocycles. The van der Waals surface area contributed by atoms with Gasteiger partial charge in [-0.3, -0.25) is 9.59 Å². The Morgan fingerprint density at radius 3 is 2.70 bits per heavy atom. The smallest absolute Gasteiger partial charge is 0.290 e. The molecule has 0 aliphatic carbocycles. The number of aliphatic hydroxyl groups excluding tert-OH is 2. The van der Waals surface area contributed by atoms with Crippen LogP contribution in [0, 0.1) is 6.92 Å². The zero-order valence-corrected chi connectivity index (χ0v) is 13.7. The first kappa shape index (κ1) is 17.5. The Morgan fingerprint density at radius 2 is 2.13 bits per heavy atom. The number of hydrogen-bond acceptors (Lipinski definition) is 5. The number of β-amino-alcohol motifs (C(OH)–C–C–N with tert-alkyl or cyclic N) is 1. The standard InChI is InChI=1S/C16H24N2O5/c1-4-5-9(2)17-15(21)13-14(20)11(19)8-18(13)16(22)12-7-6-10(3)23-12/h6-7,9,11,13-14,19-20H,4-5,8H2,1-3H3,(H,17,21)/t9?,11-,13?,14+/m0/s1. The van der Waals surface area contributed by atoms with Crippen LogP contribution in [0.25, 0.3) is 0 Å². The molecule has 7 heteroatoms. The quantitative estimate of drug-likeness (QED) is 0.729. The summed E-state index contributed by atoms with van der Waals surface area (Å²) in [6.07, 6.45) is -0.773. The third kappa shape index (κ3) is 3.73. The topological polar surface area (TPSA) is 103 Å². The molecule has 128 valence electrons. The number of carbonyl (C=O) groups is 2. The van der Waals surface area contributed by atoms with Gasteiger partial charge in [0.25, 0.3) is 5.91 Å². The van der Waals surface area contributed by atoms with E-state index in [0.717, 1.165) is 12.8 Å². The van der Waals surface area contributed by atoms with Crippen molar-refractivity contribution in [3.63, 3.8) is 0 Å². The summed E-state index contributed by atoms with van der Waals surface area (Å²) in [5.41, 5.74) is 0. The van der Waals surface area contributed by atoms with Crippen LogP contribution in [0.15, 0.2) is 16.5 Å². The first-order chi connectivity index (χ1) is 10.8. The second-order valence-electron chi connectivity index (χ2n) is 6.07. The van der Waals surface area contributed by atoms with E-state index in [0.29, 0.717) is 5.76 Å². The molecule has 1 aliphatic rings. The number of aryl methyl sites for hydroxylation is 1. The molecule has 0 aromatic carbocycles. The second kappa shape index (κ2) is 7.14.